The normalized spacial score (nSPS) is 16.2. The average Bonchev–Trinajstić information content (AvgIpc) is 3.10. The minimum atomic E-state index is -3.46. The maximum Gasteiger partial charge on any atom is 0.243 e. The molecule has 0 bridgehead atoms. The van der Waals surface area contributed by atoms with Crippen LogP contribution in [0.2, 0.25) is 0 Å². The predicted octanol–water partition coefficient (Wildman–Crippen LogP) is 3.30. The van der Waals surface area contributed by atoms with Gasteiger partial charge in [0.15, 0.2) is 5.76 Å². The van der Waals surface area contributed by atoms with Crippen molar-refractivity contribution in [2.75, 3.05) is 26.2 Å². The molecular formula is C21H22FN3O3S. The Hall–Kier alpha value is -2.55. The van der Waals surface area contributed by atoms with Gasteiger partial charge in [-0.15, -0.1) is 0 Å². The van der Waals surface area contributed by atoms with Crippen molar-refractivity contribution in [3.05, 3.63) is 71.7 Å². The summed E-state index contributed by atoms with van der Waals surface area (Å²) in [5, 5.41) is 4.18. The number of halogens is 1. The van der Waals surface area contributed by atoms with Crippen LogP contribution in [0, 0.1) is 12.7 Å². The quantitative estimate of drug-likeness (QED) is 0.640. The Bertz CT molecular complexity index is 1070. The summed E-state index contributed by atoms with van der Waals surface area (Å²) in [6.45, 7) is 4.60. The third-order valence-corrected chi connectivity index (χ3v) is 7.13. The summed E-state index contributed by atoms with van der Waals surface area (Å²) in [7, 11) is -3.46. The minimum absolute atomic E-state index is 0.297. The van der Waals surface area contributed by atoms with Crippen LogP contribution >= 0.6 is 0 Å². The van der Waals surface area contributed by atoms with Crippen molar-refractivity contribution in [1.29, 1.82) is 0 Å². The van der Waals surface area contributed by atoms with E-state index >= 15 is 0 Å². The second kappa shape index (κ2) is 8.06. The fraction of sp³-hybridized carbons (Fsp3) is 0.286. The van der Waals surface area contributed by atoms with E-state index in [0.717, 1.165) is 16.8 Å². The Balaban J connectivity index is 1.41. The molecule has 0 N–H and O–H groups in total. The highest BCUT2D eigenvalue weighted by molar-refractivity contribution is 7.89. The molecule has 1 aliphatic rings. The molecule has 0 spiro atoms. The first-order valence-corrected chi connectivity index (χ1v) is 10.9. The molecule has 0 aliphatic carbocycles. The van der Waals surface area contributed by atoms with Crippen LogP contribution in [0.25, 0.3) is 11.3 Å². The van der Waals surface area contributed by atoms with Gasteiger partial charge in [-0.05, 0) is 43.3 Å². The topological polar surface area (TPSA) is 66.7 Å². The lowest BCUT2D eigenvalue weighted by Crippen LogP contribution is -2.48. The van der Waals surface area contributed by atoms with E-state index in [1.807, 2.05) is 6.92 Å². The Kier molecular flexibility index (Phi) is 5.49. The summed E-state index contributed by atoms with van der Waals surface area (Å²) in [5.74, 6) is 0.333. The summed E-state index contributed by atoms with van der Waals surface area (Å²) >= 11 is 0. The van der Waals surface area contributed by atoms with Gasteiger partial charge >= 0.3 is 0 Å². The van der Waals surface area contributed by atoms with E-state index in [1.54, 1.807) is 42.5 Å². The highest BCUT2D eigenvalue weighted by atomic mass is 32.2. The van der Waals surface area contributed by atoms with Gasteiger partial charge < -0.3 is 4.52 Å². The van der Waals surface area contributed by atoms with Crippen LogP contribution in [0.15, 0.2) is 64.0 Å². The van der Waals surface area contributed by atoms with Gasteiger partial charge in [-0.25, -0.2) is 12.8 Å². The monoisotopic (exact) mass is 415 g/mol. The standard InChI is InChI=1S/C21H22FN3O3S/c1-16-20(23-28-21(16)17-7-9-18(22)10-8-17)15-24-11-13-25(14-12-24)29(26,27)19-5-3-2-4-6-19/h2-10H,11-15H2,1H3. The molecule has 8 heteroatoms. The summed E-state index contributed by atoms with van der Waals surface area (Å²) < 4.78 is 45.6. The van der Waals surface area contributed by atoms with E-state index in [4.69, 9.17) is 4.52 Å². The zero-order valence-electron chi connectivity index (χ0n) is 16.1. The lowest BCUT2D eigenvalue weighted by Gasteiger charge is -2.33. The zero-order chi connectivity index (χ0) is 20.4. The van der Waals surface area contributed by atoms with Crippen molar-refractivity contribution in [1.82, 2.24) is 14.4 Å². The molecule has 1 fully saturated rings. The van der Waals surface area contributed by atoms with Gasteiger partial charge in [-0.2, -0.15) is 4.31 Å². The summed E-state index contributed by atoms with van der Waals surface area (Å²) in [5.41, 5.74) is 2.50. The number of benzene rings is 2. The van der Waals surface area contributed by atoms with E-state index in [0.29, 0.717) is 43.4 Å². The molecule has 0 unspecified atom stereocenters. The van der Waals surface area contributed by atoms with Gasteiger partial charge in [0.25, 0.3) is 0 Å². The lowest BCUT2D eigenvalue weighted by atomic mass is 10.1. The average molecular weight is 415 g/mol. The molecule has 1 aromatic heterocycles. The summed E-state index contributed by atoms with van der Waals surface area (Å²) in [6, 6.07) is 14.6. The maximum atomic E-state index is 13.1. The zero-order valence-corrected chi connectivity index (χ0v) is 16.9. The smallest absolute Gasteiger partial charge is 0.243 e. The predicted molar refractivity (Wildman–Crippen MR) is 107 cm³/mol. The molecular weight excluding hydrogens is 393 g/mol. The van der Waals surface area contributed by atoms with Gasteiger partial charge in [0, 0.05) is 43.9 Å². The first-order chi connectivity index (χ1) is 13.9. The molecule has 3 aromatic rings. The number of aromatic nitrogens is 1. The third kappa shape index (κ3) is 4.10. The molecule has 29 heavy (non-hydrogen) atoms. The lowest BCUT2D eigenvalue weighted by molar-refractivity contribution is 0.177. The minimum Gasteiger partial charge on any atom is -0.356 e. The van der Waals surface area contributed by atoms with Crippen LogP contribution < -0.4 is 0 Å². The fourth-order valence-electron chi connectivity index (χ4n) is 3.47. The number of rotatable bonds is 5. The molecule has 1 aliphatic heterocycles. The number of nitrogens with zero attached hydrogens (tertiary/aromatic N) is 3. The van der Waals surface area contributed by atoms with Crippen LogP contribution in [0.5, 0.6) is 0 Å². The molecule has 4 rings (SSSR count). The number of hydrogen-bond donors (Lipinski definition) is 0. The molecule has 0 atom stereocenters. The van der Waals surface area contributed by atoms with E-state index in [1.165, 1.54) is 16.4 Å². The second-order valence-electron chi connectivity index (χ2n) is 7.08. The molecule has 0 saturated carbocycles. The van der Waals surface area contributed by atoms with E-state index in [2.05, 4.69) is 10.1 Å². The largest absolute Gasteiger partial charge is 0.356 e. The van der Waals surface area contributed by atoms with Gasteiger partial charge in [-0.3, -0.25) is 4.90 Å². The Morgan fingerprint density at radius 2 is 1.66 bits per heavy atom. The highest BCUT2D eigenvalue weighted by Gasteiger charge is 2.29. The summed E-state index contributed by atoms with van der Waals surface area (Å²) in [6.07, 6.45) is 0. The number of sulfonamides is 1. The Labute approximate surface area is 169 Å². The van der Waals surface area contributed by atoms with Crippen LogP contribution in [0.4, 0.5) is 4.39 Å². The number of piperazine rings is 1. The molecule has 0 amide bonds. The van der Waals surface area contributed by atoms with E-state index < -0.39 is 10.0 Å². The van der Waals surface area contributed by atoms with Crippen LogP contribution in [0.1, 0.15) is 11.3 Å². The molecule has 6 nitrogen and oxygen atoms in total. The maximum absolute atomic E-state index is 13.1. The third-order valence-electron chi connectivity index (χ3n) is 5.21. The molecule has 2 heterocycles. The van der Waals surface area contributed by atoms with Crippen molar-refractivity contribution in [2.24, 2.45) is 0 Å². The van der Waals surface area contributed by atoms with Crippen LogP contribution in [0.3, 0.4) is 0 Å². The van der Waals surface area contributed by atoms with Gasteiger partial charge in [-0.1, -0.05) is 23.4 Å². The van der Waals surface area contributed by atoms with E-state index in [9.17, 15) is 12.8 Å². The van der Waals surface area contributed by atoms with Gasteiger partial charge in [0.05, 0.1) is 4.90 Å². The molecule has 152 valence electrons. The first kappa shape index (κ1) is 19.8. The van der Waals surface area contributed by atoms with Crippen molar-refractivity contribution in [3.63, 3.8) is 0 Å². The fourth-order valence-corrected chi connectivity index (χ4v) is 4.91. The van der Waals surface area contributed by atoms with Crippen molar-refractivity contribution >= 4 is 10.0 Å². The Morgan fingerprint density at radius 3 is 2.31 bits per heavy atom. The summed E-state index contributed by atoms with van der Waals surface area (Å²) in [4.78, 5) is 2.49. The SMILES string of the molecule is Cc1c(CN2CCN(S(=O)(=O)c3ccccc3)CC2)noc1-c1ccc(F)cc1. The number of hydrogen-bond acceptors (Lipinski definition) is 5. The molecule has 2 aromatic carbocycles. The van der Waals surface area contributed by atoms with E-state index in [-0.39, 0.29) is 5.82 Å². The second-order valence-corrected chi connectivity index (χ2v) is 9.02. The van der Waals surface area contributed by atoms with Gasteiger partial charge in [0.2, 0.25) is 10.0 Å². The molecule has 1 saturated heterocycles. The van der Waals surface area contributed by atoms with Crippen molar-refractivity contribution in [3.8, 4) is 11.3 Å². The first-order valence-electron chi connectivity index (χ1n) is 9.44. The van der Waals surface area contributed by atoms with Crippen molar-refractivity contribution < 1.29 is 17.3 Å². The molecule has 0 radical (unpaired) electrons. The Morgan fingerprint density at radius 1 is 1.00 bits per heavy atom. The van der Waals surface area contributed by atoms with Crippen LogP contribution in [-0.4, -0.2) is 49.0 Å². The van der Waals surface area contributed by atoms with Crippen LogP contribution in [-0.2, 0) is 16.6 Å². The van der Waals surface area contributed by atoms with Crippen molar-refractivity contribution in [2.45, 2.75) is 18.4 Å². The highest BCUT2D eigenvalue weighted by Crippen LogP contribution is 2.27. The van der Waals surface area contributed by atoms with Gasteiger partial charge in [0.1, 0.15) is 11.5 Å².